The summed E-state index contributed by atoms with van der Waals surface area (Å²) in [5.41, 5.74) is 1.04. The first-order chi connectivity index (χ1) is 7.40. The fraction of sp³-hybridized carbons (Fsp3) is 0.455. The third kappa shape index (κ3) is 4.96. The molecular formula is C11H16ClNO2S. The second-order valence-corrected chi connectivity index (χ2v) is 6.53. The third-order valence-electron chi connectivity index (χ3n) is 2.28. The highest BCUT2D eigenvalue weighted by Gasteiger charge is 2.13. The molecule has 1 rings (SSSR count). The summed E-state index contributed by atoms with van der Waals surface area (Å²) in [5.74, 6) is 0.135. The van der Waals surface area contributed by atoms with E-state index in [4.69, 9.17) is 11.6 Å². The predicted octanol–water partition coefficient (Wildman–Crippen LogP) is 1.52. The maximum absolute atomic E-state index is 11.2. The maximum atomic E-state index is 11.2. The summed E-state index contributed by atoms with van der Waals surface area (Å²) in [7, 11) is -1.20. The Kier molecular flexibility index (Phi) is 4.77. The summed E-state index contributed by atoms with van der Waals surface area (Å²) in [6.45, 7) is 0. The Bertz CT molecular complexity index is 445. The number of hydrogen-bond acceptors (Lipinski definition) is 3. The molecule has 0 amide bonds. The normalized spacial score (nSPS) is 13.7. The summed E-state index contributed by atoms with van der Waals surface area (Å²) < 4.78 is 22.4. The Hall–Kier alpha value is -0.580. The van der Waals surface area contributed by atoms with Crippen LogP contribution in [-0.2, 0) is 16.3 Å². The molecule has 90 valence electrons. The van der Waals surface area contributed by atoms with Crippen molar-refractivity contribution in [2.45, 2.75) is 12.5 Å². The van der Waals surface area contributed by atoms with Crippen molar-refractivity contribution in [2.24, 2.45) is 0 Å². The Balaban J connectivity index is 2.70. The van der Waals surface area contributed by atoms with Gasteiger partial charge in [0.2, 0.25) is 0 Å². The number of hydrogen-bond donors (Lipinski definition) is 1. The van der Waals surface area contributed by atoms with Crippen LogP contribution in [0.1, 0.15) is 5.56 Å². The summed E-state index contributed by atoms with van der Waals surface area (Å²) in [4.78, 5) is 0. The summed E-state index contributed by atoms with van der Waals surface area (Å²) in [6.07, 6.45) is 1.90. The lowest BCUT2D eigenvalue weighted by Crippen LogP contribution is -2.34. The van der Waals surface area contributed by atoms with Gasteiger partial charge in [0.15, 0.2) is 0 Å². The zero-order valence-corrected chi connectivity index (χ0v) is 11.0. The molecule has 0 spiro atoms. The van der Waals surface area contributed by atoms with E-state index in [1.54, 1.807) is 13.1 Å². The molecule has 0 heterocycles. The van der Waals surface area contributed by atoms with Gasteiger partial charge in [-0.2, -0.15) is 0 Å². The molecule has 1 aromatic rings. The molecule has 0 radical (unpaired) electrons. The van der Waals surface area contributed by atoms with Crippen LogP contribution >= 0.6 is 11.6 Å². The molecule has 0 aliphatic rings. The van der Waals surface area contributed by atoms with Crippen LogP contribution in [0.25, 0.3) is 0 Å². The molecule has 0 aromatic heterocycles. The van der Waals surface area contributed by atoms with E-state index in [1.165, 1.54) is 6.26 Å². The van der Waals surface area contributed by atoms with Crippen LogP contribution < -0.4 is 5.32 Å². The fourth-order valence-corrected chi connectivity index (χ4v) is 2.79. The summed E-state index contributed by atoms with van der Waals surface area (Å²) >= 11 is 5.87. The highest BCUT2D eigenvalue weighted by molar-refractivity contribution is 7.90. The van der Waals surface area contributed by atoms with Gasteiger partial charge in [-0.1, -0.05) is 23.7 Å². The number of sulfone groups is 1. The first-order valence-corrected chi connectivity index (χ1v) is 7.44. The standard InChI is InChI=1S/C11H16ClNO2S/c1-13-11(8-16(2,14)15)7-9-4-3-5-10(12)6-9/h3-6,11,13H,7-8H2,1-2H3. The molecule has 1 aromatic carbocycles. The lowest BCUT2D eigenvalue weighted by Gasteiger charge is -2.15. The average Bonchev–Trinajstić information content (AvgIpc) is 2.14. The largest absolute Gasteiger partial charge is 0.316 e. The van der Waals surface area contributed by atoms with Gasteiger partial charge in [-0.25, -0.2) is 8.42 Å². The van der Waals surface area contributed by atoms with Crippen molar-refractivity contribution in [3.8, 4) is 0 Å². The van der Waals surface area contributed by atoms with Crippen molar-refractivity contribution in [2.75, 3.05) is 19.1 Å². The minimum Gasteiger partial charge on any atom is -0.316 e. The minimum absolute atomic E-state index is 0.0755. The van der Waals surface area contributed by atoms with Crippen LogP contribution in [0.3, 0.4) is 0 Å². The van der Waals surface area contributed by atoms with E-state index in [1.807, 2.05) is 18.2 Å². The van der Waals surface area contributed by atoms with E-state index < -0.39 is 9.84 Å². The van der Waals surface area contributed by atoms with Crippen LogP contribution in [0, 0.1) is 0 Å². The van der Waals surface area contributed by atoms with Gasteiger partial charge in [0.05, 0.1) is 5.75 Å². The Morgan fingerprint density at radius 2 is 2.12 bits per heavy atom. The van der Waals surface area contributed by atoms with Gasteiger partial charge >= 0.3 is 0 Å². The molecule has 0 aliphatic carbocycles. The quantitative estimate of drug-likeness (QED) is 0.874. The molecule has 0 bridgehead atoms. The molecule has 1 unspecified atom stereocenters. The highest BCUT2D eigenvalue weighted by atomic mass is 35.5. The van der Waals surface area contributed by atoms with E-state index in [9.17, 15) is 8.42 Å². The van der Waals surface area contributed by atoms with Gasteiger partial charge in [-0.3, -0.25) is 0 Å². The number of benzene rings is 1. The first kappa shape index (κ1) is 13.5. The van der Waals surface area contributed by atoms with Crippen molar-refractivity contribution in [3.05, 3.63) is 34.9 Å². The molecule has 0 fully saturated rings. The molecule has 16 heavy (non-hydrogen) atoms. The molecule has 5 heteroatoms. The lowest BCUT2D eigenvalue weighted by atomic mass is 10.1. The Morgan fingerprint density at radius 1 is 1.44 bits per heavy atom. The van der Waals surface area contributed by atoms with Crippen molar-refractivity contribution < 1.29 is 8.42 Å². The molecule has 0 saturated carbocycles. The van der Waals surface area contributed by atoms with Crippen LogP contribution in [0.5, 0.6) is 0 Å². The number of halogens is 1. The number of likely N-dealkylation sites (N-methyl/N-ethyl adjacent to an activating group) is 1. The monoisotopic (exact) mass is 261 g/mol. The van der Waals surface area contributed by atoms with Crippen molar-refractivity contribution >= 4 is 21.4 Å². The van der Waals surface area contributed by atoms with Gasteiger partial charge in [0, 0.05) is 17.3 Å². The van der Waals surface area contributed by atoms with E-state index in [0.29, 0.717) is 11.4 Å². The fourth-order valence-electron chi connectivity index (χ4n) is 1.56. The van der Waals surface area contributed by atoms with E-state index in [-0.39, 0.29) is 11.8 Å². The average molecular weight is 262 g/mol. The summed E-state index contributed by atoms with van der Waals surface area (Å²) in [6, 6.07) is 7.39. The van der Waals surface area contributed by atoms with E-state index in [2.05, 4.69) is 5.32 Å². The smallest absolute Gasteiger partial charge is 0.148 e. The van der Waals surface area contributed by atoms with Gasteiger partial charge < -0.3 is 5.32 Å². The number of nitrogens with one attached hydrogen (secondary N) is 1. The SMILES string of the molecule is CNC(Cc1cccc(Cl)c1)CS(C)(=O)=O. The molecule has 0 aliphatic heterocycles. The second-order valence-electron chi connectivity index (χ2n) is 3.91. The number of rotatable bonds is 5. The third-order valence-corrected chi connectivity index (χ3v) is 3.53. The molecule has 1 atom stereocenters. The van der Waals surface area contributed by atoms with Crippen molar-refractivity contribution in [1.29, 1.82) is 0 Å². The zero-order valence-electron chi connectivity index (χ0n) is 9.40. The van der Waals surface area contributed by atoms with Gasteiger partial charge in [0.25, 0.3) is 0 Å². The van der Waals surface area contributed by atoms with Gasteiger partial charge in [-0.15, -0.1) is 0 Å². The molecule has 3 nitrogen and oxygen atoms in total. The Labute approximate surface area is 102 Å². The molecule has 1 N–H and O–H groups in total. The second kappa shape index (κ2) is 5.66. The lowest BCUT2D eigenvalue weighted by molar-refractivity contribution is 0.567. The highest BCUT2D eigenvalue weighted by Crippen LogP contribution is 2.12. The summed E-state index contributed by atoms with van der Waals surface area (Å²) in [5, 5.41) is 3.68. The van der Waals surface area contributed by atoms with Crippen LogP contribution in [-0.4, -0.2) is 33.5 Å². The van der Waals surface area contributed by atoms with Crippen LogP contribution in [0.2, 0.25) is 5.02 Å². The van der Waals surface area contributed by atoms with Crippen LogP contribution in [0.15, 0.2) is 24.3 Å². The van der Waals surface area contributed by atoms with Crippen molar-refractivity contribution in [3.63, 3.8) is 0 Å². The van der Waals surface area contributed by atoms with E-state index in [0.717, 1.165) is 5.56 Å². The maximum Gasteiger partial charge on any atom is 0.148 e. The first-order valence-electron chi connectivity index (χ1n) is 5.00. The molecule has 0 saturated heterocycles. The van der Waals surface area contributed by atoms with Gasteiger partial charge in [-0.05, 0) is 31.2 Å². The topological polar surface area (TPSA) is 46.2 Å². The molecular weight excluding hydrogens is 246 g/mol. The van der Waals surface area contributed by atoms with Crippen LogP contribution in [0.4, 0.5) is 0 Å². The predicted molar refractivity (Wildman–Crippen MR) is 67.7 cm³/mol. The minimum atomic E-state index is -2.96. The van der Waals surface area contributed by atoms with Crippen molar-refractivity contribution in [1.82, 2.24) is 5.32 Å². The zero-order chi connectivity index (χ0) is 12.2. The van der Waals surface area contributed by atoms with E-state index >= 15 is 0 Å². The van der Waals surface area contributed by atoms with Gasteiger partial charge in [0.1, 0.15) is 9.84 Å². The Morgan fingerprint density at radius 3 is 2.62 bits per heavy atom.